The molecule has 4 aromatic carbocycles. The van der Waals surface area contributed by atoms with E-state index in [1.54, 1.807) is 0 Å². The van der Waals surface area contributed by atoms with Gasteiger partial charge in [-0.1, -0.05) is 17.9 Å². The van der Waals surface area contributed by atoms with E-state index < -0.39 is 123 Å². The van der Waals surface area contributed by atoms with Crippen LogP contribution in [0.3, 0.4) is 0 Å². The van der Waals surface area contributed by atoms with Crippen LogP contribution in [0.1, 0.15) is 5.82 Å². The molecule has 33 heteroatoms. The number of nitrogens with one attached hydrogen (secondary N) is 2. The van der Waals surface area contributed by atoms with Gasteiger partial charge >= 0.3 is 129 Å². The number of halogens is 1. The molecule has 5 rings (SSSR count). The second-order valence-corrected chi connectivity index (χ2v) is 18.7. The molecule has 0 aliphatic rings. The predicted molar refractivity (Wildman–Crippen MR) is 189 cm³/mol. The second-order valence-electron chi connectivity index (χ2n) is 11.1. The first-order chi connectivity index (χ1) is 26.3. The molecule has 0 saturated carbocycles. The number of fused-ring (bicyclic) bond motifs is 1. The van der Waals surface area contributed by atoms with Gasteiger partial charge in [0.1, 0.15) is 36.0 Å². The summed E-state index contributed by atoms with van der Waals surface area (Å²) in [5.74, 6) is -2.61. The van der Waals surface area contributed by atoms with E-state index in [0.29, 0.717) is 18.2 Å². The van der Waals surface area contributed by atoms with Crippen LogP contribution in [0.5, 0.6) is 5.75 Å². The summed E-state index contributed by atoms with van der Waals surface area (Å²) in [4.78, 5) is 8.46. The fourth-order valence-corrected chi connectivity index (χ4v) is 8.26. The van der Waals surface area contributed by atoms with E-state index in [0.717, 1.165) is 30.3 Å². The Kier molecular flexibility index (Phi) is 21.8. The average Bonchev–Trinajstić information content (AvgIpc) is 3.08. The van der Waals surface area contributed by atoms with Crippen molar-refractivity contribution < 1.29 is 188 Å². The Morgan fingerprint density at radius 2 is 1.33 bits per heavy atom. The number of aromatic nitrogens is 3. The SMILES string of the molecule is O=S(=O)(O)OCCS(=O)(=O)c1ccc(Nc2nc(Cl)nc(CNc3cc(S(=O)(=O)[O-])cc4cc(S(=O)(=O)[O-])c(N=Nc5ccccc5S(=O)(=O)[O-])c([O-])c34)n2)cc1.[Na+].[Na+].[Na+].[Na+]. The van der Waals surface area contributed by atoms with Gasteiger partial charge in [0.2, 0.25) is 11.2 Å². The van der Waals surface area contributed by atoms with Crippen molar-refractivity contribution in [3.8, 4) is 5.75 Å². The summed E-state index contributed by atoms with van der Waals surface area (Å²) in [5, 5.41) is 24.7. The Labute approximate surface area is 441 Å². The first-order valence-corrected chi connectivity index (χ1v) is 22.5. The number of anilines is 3. The minimum Gasteiger partial charge on any atom is -0.870 e. The molecule has 61 heavy (non-hydrogen) atoms. The summed E-state index contributed by atoms with van der Waals surface area (Å²) in [6.45, 7) is -1.38. The van der Waals surface area contributed by atoms with Gasteiger partial charge in [-0.2, -0.15) is 18.4 Å². The largest absolute Gasteiger partial charge is 1.00 e. The third kappa shape index (κ3) is 15.8. The predicted octanol–water partition coefficient (Wildman–Crippen LogP) is -10.2. The summed E-state index contributed by atoms with van der Waals surface area (Å²) < 4.78 is 167. The first-order valence-electron chi connectivity index (χ1n) is 14.9. The number of hydrogen-bond donors (Lipinski definition) is 3. The van der Waals surface area contributed by atoms with Crippen LogP contribution in [0.15, 0.2) is 96.5 Å². The molecule has 0 unspecified atom stereocenters. The molecular weight excluding hydrogens is 978 g/mol. The van der Waals surface area contributed by atoms with E-state index in [1.165, 1.54) is 18.2 Å². The topological polar surface area (TPSA) is 380 Å². The first kappa shape index (κ1) is 58.0. The standard InChI is InChI=1S/C28H24ClN7O16S5.4Na/c29-27-32-23(33-28(34-27)31-16-5-7-17(8-6-16)53(38,39)10-9-52-57(49,50)51)14-30-20-13-18(54(40,41)42)11-15-12-22(56(46,47)48)25(26(37)24(15)20)36-35-19-3-1-2-4-21(19)55(43,44)45;;;;/h1-8,11-13,30,37H,9-10,14H2,(H,40,41,42)(H,43,44,45)(H,46,47,48)(H,49,50,51)(H,31,32,33,34);;;;/q;4*+1/p-4. The molecule has 0 bridgehead atoms. The number of azo groups is 1. The quantitative estimate of drug-likeness (QED) is 0.0498. The van der Waals surface area contributed by atoms with E-state index in [1.807, 2.05) is 0 Å². The molecule has 0 aliphatic carbocycles. The van der Waals surface area contributed by atoms with Crippen molar-refractivity contribution >= 4 is 102 Å². The van der Waals surface area contributed by atoms with Gasteiger partial charge in [0, 0.05) is 11.4 Å². The molecule has 1 heterocycles. The maximum absolute atomic E-state index is 13.8. The van der Waals surface area contributed by atoms with Crippen molar-refractivity contribution in [2.75, 3.05) is 23.0 Å². The van der Waals surface area contributed by atoms with Crippen LogP contribution in [0.4, 0.5) is 28.7 Å². The normalized spacial score (nSPS) is 12.1. The van der Waals surface area contributed by atoms with Crippen LogP contribution in [0.2, 0.25) is 5.28 Å². The third-order valence-corrected chi connectivity index (χ3v) is 12.1. The van der Waals surface area contributed by atoms with Gasteiger partial charge < -0.3 is 29.4 Å². The maximum atomic E-state index is 13.8. The van der Waals surface area contributed by atoms with Crippen LogP contribution in [0.25, 0.3) is 10.8 Å². The molecule has 0 aliphatic heterocycles. The molecule has 0 spiro atoms. The van der Waals surface area contributed by atoms with E-state index in [2.05, 4.69) is 40.0 Å². The molecule has 0 atom stereocenters. The number of nitrogens with zero attached hydrogens (tertiary/aromatic N) is 5. The van der Waals surface area contributed by atoms with E-state index >= 15 is 0 Å². The second kappa shape index (κ2) is 22.9. The fraction of sp³-hybridized carbons (Fsp3) is 0.107. The molecule has 0 saturated heterocycles. The van der Waals surface area contributed by atoms with E-state index in [9.17, 15) is 60.9 Å². The zero-order valence-electron chi connectivity index (χ0n) is 31.7. The summed E-state index contributed by atoms with van der Waals surface area (Å²) in [5.41, 5.74) is -2.07. The molecular formula is C28H20ClN7Na4O16S5. The summed E-state index contributed by atoms with van der Waals surface area (Å²) in [6, 6.07) is 10.9. The Bertz CT molecular complexity index is 3030. The molecule has 23 nitrogen and oxygen atoms in total. The molecule has 5 aromatic rings. The molecule has 1 aromatic heterocycles. The van der Waals surface area contributed by atoms with Crippen LogP contribution in [-0.2, 0) is 61.3 Å². The summed E-state index contributed by atoms with van der Waals surface area (Å²) in [6.07, 6.45) is 0. The smallest absolute Gasteiger partial charge is 0.870 e. The maximum Gasteiger partial charge on any atom is 1.00 e. The minimum absolute atomic E-state index is 0. The molecule has 0 amide bonds. The van der Waals surface area contributed by atoms with Crippen molar-refractivity contribution in [3.05, 3.63) is 77.8 Å². The van der Waals surface area contributed by atoms with Gasteiger partial charge in [0.25, 0.3) is 0 Å². The van der Waals surface area contributed by atoms with Crippen molar-refractivity contribution in [1.82, 2.24) is 15.0 Å². The van der Waals surface area contributed by atoms with Crippen LogP contribution in [-0.4, -0.2) is 87.6 Å². The Balaban J connectivity index is 0.00000465. The van der Waals surface area contributed by atoms with Crippen molar-refractivity contribution in [1.29, 1.82) is 0 Å². The van der Waals surface area contributed by atoms with Crippen LogP contribution >= 0.6 is 11.6 Å². The van der Waals surface area contributed by atoms with Crippen LogP contribution in [0, 0.1) is 0 Å². The van der Waals surface area contributed by atoms with Gasteiger partial charge in [-0.3, -0.25) is 4.55 Å². The molecule has 0 fully saturated rings. The van der Waals surface area contributed by atoms with Crippen LogP contribution < -0.4 is 134 Å². The van der Waals surface area contributed by atoms with Gasteiger partial charge in [-0.05, 0) is 77.0 Å². The summed E-state index contributed by atoms with van der Waals surface area (Å²) in [7, 11) is -25.0. The Morgan fingerprint density at radius 1 is 0.721 bits per heavy atom. The number of rotatable bonds is 15. The van der Waals surface area contributed by atoms with Crippen molar-refractivity contribution in [2.45, 2.75) is 26.1 Å². The van der Waals surface area contributed by atoms with Gasteiger partial charge in [-0.15, -0.1) is 10.2 Å². The molecule has 3 N–H and O–H groups in total. The Morgan fingerprint density at radius 3 is 1.90 bits per heavy atom. The van der Waals surface area contributed by atoms with Crippen molar-refractivity contribution in [3.63, 3.8) is 0 Å². The van der Waals surface area contributed by atoms with Gasteiger partial charge in [0.15, 0.2) is 15.7 Å². The Hall–Kier alpha value is -1.01. The van der Waals surface area contributed by atoms with E-state index in [-0.39, 0.29) is 141 Å². The monoisotopic (exact) mass is 997 g/mol. The zero-order valence-corrected chi connectivity index (χ0v) is 44.5. The number of hydrogen-bond acceptors (Lipinski definition) is 22. The fourth-order valence-electron chi connectivity index (χ4n) is 4.81. The average molecular weight is 998 g/mol. The zero-order chi connectivity index (χ0) is 42.1. The van der Waals surface area contributed by atoms with Gasteiger partial charge in [-0.25, -0.2) is 42.8 Å². The number of sulfone groups is 1. The third-order valence-electron chi connectivity index (χ3n) is 7.20. The number of benzene rings is 4. The summed E-state index contributed by atoms with van der Waals surface area (Å²) >= 11 is 6.06. The van der Waals surface area contributed by atoms with Gasteiger partial charge in [0.05, 0.1) is 44.2 Å². The van der Waals surface area contributed by atoms with E-state index in [4.69, 9.17) is 16.2 Å². The van der Waals surface area contributed by atoms with Crippen molar-refractivity contribution in [2.24, 2.45) is 10.2 Å². The molecule has 0 radical (unpaired) electrons. The minimum atomic E-state index is -5.60. The molecule has 304 valence electrons.